The lowest BCUT2D eigenvalue weighted by atomic mass is 10.1. The summed E-state index contributed by atoms with van der Waals surface area (Å²) in [5.74, 6) is 0.785. The number of nitrogens with zero attached hydrogens (tertiary/aromatic N) is 1. The Hall–Kier alpha value is -0.810. The van der Waals surface area contributed by atoms with E-state index in [1.807, 2.05) is 20.8 Å². The fourth-order valence-electron chi connectivity index (χ4n) is 3.30. The minimum atomic E-state index is -0.422. The van der Waals surface area contributed by atoms with Crippen molar-refractivity contribution < 1.29 is 9.53 Å². The van der Waals surface area contributed by atoms with E-state index in [0.29, 0.717) is 6.04 Å². The van der Waals surface area contributed by atoms with Gasteiger partial charge in [-0.25, -0.2) is 4.79 Å². The van der Waals surface area contributed by atoms with Crippen LogP contribution in [0.5, 0.6) is 0 Å². The molecule has 3 atom stereocenters. The minimum absolute atomic E-state index is 0.253. The van der Waals surface area contributed by atoms with Crippen molar-refractivity contribution in [3.05, 3.63) is 0 Å². The number of hydrogen-bond donors (Lipinski definition) is 2. The smallest absolute Gasteiger partial charge is 0.407 e. The van der Waals surface area contributed by atoms with E-state index in [2.05, 4.69) is 22.6 Å². The van der Waals surface area contributed by atoms with Crippen LogP contribution in [0.15, 0.2) is 0 Å². The van der Waals surface area contributed by atoms with Gasteiger partial charge < -0.3 is 20.3 Å². The molecule has 0 aromatic carbocycles. The number of ether oxygens (including phenoxy) is 1. The first-order valence-corrected chi connectivity index (χ1v) is 8.23. The number of carbonyl (C=O) groups excluding carboxylic acids is 1. The standard InChI is InChI=1S/C16H31N3O2/c1-16(2,3)21-15(20)18-14-6-5-13(9-14)17-10-12-7-8-19(4)11-12/h12-14,17H,5-11H2,1-4H3,(H,18,20). The first-order chi connectivity index (χ1) is 9.82. The average Bonchev–Trinajstić information content (AvgIpc) is 2.93. The van der Waals surface area contributed by atoms with Gasteiger partial charge in [-0.05, 0) is 72.5 Å². The van der Waals surface area contributed by atoms with Gasteiger partial charge in [0, 0.05) is 18.6 Å². The molecule has 5 heteroatoms. The summed E-state index contributed by atoms with van der Waals surface area (Å²) >= 11 is 0. The normalized spacial score (nSPS) is 30.6. The van der Waals surface area contributed by atoms with Crippen LogP contribution < -0.4 is 10.6 Å². The Balaban J connectivity index is 1.63. The molecule has 1 saturated heterocycles. The predicted molar refractivity (Wildman–Crippen MR) is 84.4 cm³/mol. The SMILES string of the molecule is CN1CCC(CNC2CCC(NC(=O)OC(C)(C)C)C2)C1. The summed E-state index contributed by atoms with van der Waals surface area (Å²) in [5.41, 5.74) is -0.422. The van der Waals surface area contributed by atoms with Crippen LogP contribution in [0.25, 0.3) is 0 Å². The largest absolute Gasteiger partial charge is 0.444 e. The van der Waals surface area contributed by atoms with Crippen LogP contribution >= 0.6 is 0 Å². The Labute approximate surface area is 128 Å². The average molecular weight is 297 g/mol. The maximum absolute atomic E-state index is 11.8. The maximum Gasteiger partial charge on any atom is 0.407 e. The highest BCUT2D eigenvalue weighted by molar-refractivity contribution is 5.68. The Morgan fingerprint density at radius 2 is 1.95 bits per heavy atom. The summed E-state index contributed by atoms with van der Waals surface area (Å²) < 4.78 is 5.31. The molecule has 1 heterocycles. The molecule has 0 aromatic heterocycles. The van der Waals surface area contributed by atoms with Crippen molar-refractivity contribution in [2.45, 2.75) is 64.1 Å². The molecule has 2 rings (SSSR count). The second kappa shape index (κ2) is 6.97. The van der Waals surface area contributed by atoms with Crippen molar-refractivity contribution in [1.82, 2.24) is 15.5 Å². The van der Waals surface area contributed by atoms with Gasteiger partial charge in [-0.3, -0.25) is 0 Å². The number of amides is 1. The first-order valence-electron chi connectivity index (χ1n) is 8.23. The third-order valence-electron chi connectivity index (χ3n) is 4.34. The number of rotatable bonds is 4. The molecule has 122 valence electrons. The fraction of sp³-hybridized carbons (Fsp3) is 0.938. The van der Waals surface area contributed by atoms with E-state index in [0.717, 1.165) is 31.7 Å². The van der Waals surface area contributed by atoms with Crippen LogP contribution in [-0.2, 0) is 4.74 Å². The number of alkyl carbamates (subject to hydrolysis) is 1. The fourth-order valence-corrected chi connectivity index (χ4v) is 3.30. The van der Waals surface area contributed by atoms with E-state index in [1.165, 1.54) is 19.5 Å². The summed E-state index contributed by atoms with van der Waals surface area (Å²) in [6.07, 6.45) is 4.22. The molecule has 1 amide bonds. The van der Waals surface area contributed by atoms with Crippen molar-refractivity contribution >= 4 is 6.09 Å². The molecule has 2 aliphatic rings. The van der Waals surface area contributed by atoms with E-state index >= 15 is 0 Å². The lowest BCUT2D eigenvalue weighted by Gasteiger charge is -2.22. The maximum atomic E-state index is 11.8. The second-order valence-electron chi connectivity index (χ2n) is 7.68. The molecule has 1 aliphatic heterocycles. The predicted octanol–water partition coefficient (Wildman–Crippen LogP) is 1.97. The molecule has 1 saturated carbocycles. The monoisotopic (exact) mass is 297 g/mol. The summed E-state index contributed by atoms with van der Waals surface area (Å²) in [7, 11) is 2.19. The van der Waals surface area contributed by atoms with Gasteiger partial charge in [-0.15, -0.1) is 0 Å². The Morgan fingerprint density at radius 1 is 1.24 bits per heavy atom. The number of hydrogen-bond acceptors (Lipinski definition) is 4. The third-order valence-corrected chi connectivity index (χ3v) is 4.34. The van der Waals surface area contributed by atoms with Gasteiger partial charge in [-0.2, -0.15) is 0 Å². The zero-order valence-corrected chi connectivity index (χ0v) is 13.9. The van der Waals surface area contributed by atoms with Crippen LogP contribution in [-0.4, -0.2) is 55.4 Å². The highest BCUT2D eigenvalue weighted by Crippen LogP contribution is 2.21. The zero-order chi connectivity index (χ0) is 15.5. The highest BCUT2D eigenvalue weighted by atomic mass is 16.6. The third kappa shape index (κ3) is 5.83. The second-order valence-corrected chi connectivity index (χ2v) is 7.68. The van der Waals surface area contributed by atoms with Crippen molar-refractivity contribution in [2.24, 2.45) is 5.92 Å². The molecule has 0 aromatic rings. The molecule has 2 N–H and O–H groups in total. The summed E-state index contributed by atoms with van der Waals surface area (Å²) in [6.45, 7) is 9.21. The topological polar surface area (TPSA) is 53.6 Å². The van der Waals surface area contributed by atoms with Gasteiger partial charge in [0.2, 0.25) is 0 Å². The lowest BCUT2D eigenvalue weighted by Crippen LogP contribution is -2.39. The van der Waals surface area contributed by atoms with Crippen molar-refractivity contribution in [2.75, 3.05) is 26.7 Å². The van der Waals surface area contributed by atoms with Crippen LogP contribution in [0.3, 0.4) is 0 Å². The first kappa shape index (κ1) is 16.6. The van der Waals surface area contributed by atoms with E-state index in [1.54, 1.807) is 0 Å². The van der Waals surface area contributed by atoms with E-state index in [9.17, 15) is 4.79 Å². The van der Waals surface area contributed by atoms with Gasteiger partial charge in [0.1, 0.15) is 5.60 Å². The van der Waals surface area contributed by atoms with E-state index in [4.69, 9.17) is 4.74 Å². The number of carbonyl (C=O) groups is 1. The van der Waals surface area contributed by atoms with E-state index in [-0.39, 0.29) is 12.1 Å². The van der Waals surface area contributed by atoms with Gasteiger partial charge >= 0.3 is 6.09 Å². The van der Waals surface area contributed by atoms with Gasteiger partial charge in [0.25, 0.3) is 0 Å². The molecular formula is C16H31N3O2. The summed E-state index contributed by atoms with van der Waals surface area (Å²) in [4.78, 5) is 14.2. The molecule has 2 fully saturated rings. The number of nitrogens with one attached hydrogen (secondary N) is 2. The molecule has 0 spiro atoms. The zero-order valence-electron chi connectivity index (χ0n) is 13.9. The summed E-state index contributed by atoms with van der Waals surface area (Å²) in [6, 6.07) is 0.791. The molecule has 21 heavy (non-hydrogen) atoms. The van der Waals surface area contributed by atoms with E-state index < -0.39 is 5.60 Å². The Bertz CT molecular complexity index is 354. The van der Waals surface area contributed by atoms with Crippen LogP contribution in [0, 0.1) is 5.92 Å². The van der Waals surface area contributed by atoms with Crippen molar-refractivity contribution in [3.63, 3.8) is 0 Å². The van der Waals surface area contributed by atoms with Crippen molar-refractivity contribution in [3.8, 4) is 0 Å². The highest BCUT2D eigenvalue weighted by Gasteiger charge is 2.28. The van der Waals surface area contributed by atoms with Gasteiger partial charge in [-0.1, -0.05) is 0 Å². The Morgan fingerprint density at radius 3 is 2.57 bits per heavy atom. The molecule has 1 aliphatic carbocycles. The molecular weight excluding hydrogens is 266 g/mol. The minimum Gasteiger partial charge on any atom is -0.444 e. The quantitative estimate of drug-likeness (QED) is 0.833. The van der Waals surface area contributed by atoms with Crippen molar-refractivity contribution in [1.29, 1.82) is 0 Å². The molecule has 5 nitrogen and oxygen atoms in total. The van der Waals surface area contributed by atoms with Crippen LogP contribution in [0.1, 0.15) is 46.5 Å². The Kier molecular flexibility index (Phi) is 5.49. The van der Waals surface area contributed by atoms with Crippen LogP contribution in [0.4, 0.5) is 4.79 Å². The lowest BCUT2D eigenvalue weighted by molar-refractivity contribution is 0.0505. The molecule has 0 bridgehead atoms. The molecule has 0 radical (unpaired) electrons. The van der Waals surface area contributed by atoms with Gasteiger partial charge in [0.05, 0.1) is 0 Å². The van der Waals surface area contributed by atoms with Gasteiger partial charge in [0.15, 0.2) is 0 Å². The molecule has 3 unspecified atom stereocenters. The van der Waals surface area contributed by atoms with Crippen LogP contribution in [0.2, 0.25) is 0 Å². The number of likely N-dealkylation sites (tertiary alicyclic amines) is 1. The summed E-state index contributed by atoms with van der Waals surface area (Å²) in [5, 5.41) is 6.67.